The second-order valence-electron chi connectivity index (χ2n) is 5.98. The first-order chi connectivity index (χ1) is 9.19. The molecule has 2 N–H and O–H groups in total. The number of rotatable bonds is 4. The van der Waals surface area contributed by atoms with Gasteiger partial charge in [-0.05, 0) is 34.1 Å². The molecule has 1 unspecified atom stereocenters. The summed E-state index contributed by atoms with van der Waals surface area (Å²) in [6.07, 6.45) is 2.38. The van der Waals surface area contributed by atoms with Crippen LogP contribution in [0.5, 0.6) is 0 Å². The van der Waals surface area contributed by atoms with E-state index in [1.54, 1.807) is 11.8 Å². The van der Waals surface area contributed by atoms with E-state index in [1.165, 1.54) is 0 Å². The van der Waals surface area contributed by atoms with Gasteiger partial charge in [0.15, 0.2) is 0 Å². The average molecular weight is 284 g/mol. The Morgan fingerprint density at radius 2 is 2.15 bits per heavy atom. The Labute approximate surface area is 119 Å². The van der Waals surface area contributed by atoms with Gasteiger partial charge in [-0.2, -0.15) is 0 Å². The number of carbonyl (C=O) groups excluding carboxylic acids is 1. The zero-order chi connectivity index (χ0) is 15.3. The number of ether oxygens (including phenoxy) is 1. The molecule has 0 aliphatic carbocycles. The third-order valence-corrected chi connectivity index (χ3v) is 2.96. The molecule has 0 radical (unpaired) electrons. The van der Waals surface area contributed by atoms with E-state index < -0.39 is 17.6 Å². The van der Waals surface area contributed by atoms with Crippen LogP contribution in [0.15, 0.2) is 11.6 Å². The molecule has 6 heteroatoms. The Kier molecular flexibility index (Phi) is 5.56. The molecule has 1 aliphatic heterocycles. The summed E-state index contributed by atoms with van der Waals surface area (Å²) >= 11 is 0. The monoisotopic (exact) mass is 284 g/mol. The van der Waals surface area contributed by atoms with Gasteiger partial charge in [-0.15, -0.1) is 0 Å². The molecule has 0 fully saturated rings. The molecular formula is C14H24N2O4. The normalized spacial score (nSPS) is 17.4. The fourth-order valence-corrected chi connectivity index (χ4v) is 1.74. The third kappa shape index (κ3) is 5.61. The maximum absolute atomic E-state index is 11.9. The first-order valence-corrected chi connectivity index (χ1v) is 6.81. The molecule has 1 rings (SSSR count). The third-order valence-electron chi connectivity index (χ3n) is 2.96. The van der Waals surface area contributed by atoms with Crippen LogP contribution in [0, 0.1) is 0 Å². The van der Waals surface area contributed by atoms with Gasteiger partial charge in [0.1, 0.15) is 11.6 Å². The molecule has 1 amide bonds. The van der Waals surface area contributed by atoms with Gasteiger partial charge in [0.2, 0.25) is 0 Å². The number of aliphatic carboxylic acids is 1. The van der Waals surface area contributed by atoms with Crippen LogP contribution < -0.4 is 5.32 Å². The summed E-state index contributed by atoms with van der Waals surface area (Å²) in [6, 6.07) is -0.570. The van der Waals surface area contributed by atoms with Crippen molar-refractivity contribution < 1.29 is 19.4 Å². The Hall–Kier alpha value is -1.56. The molecule has 1 atom stereocenters. The molecule has 20 heavy (non-hydrogen) atoms. The average Bonchev–Trinajstić information content (AvgIpc) is 2.34. The highest BCUT2D eigenvalue weighted by Gasteiger charge is 2.23. The fourth-order valence-electron chi connectivity index (χ4n) is 1.74. The molecule has 0 aromatic rings. The highest BCUT2D eigenvalue weighted by atomic mass is 16.6. The van der Waals surface area contributed by atoms with E-state index in [2.05, 4.69) is 5.32 Å². The van der Waals surface area contributed by atoms with Gasteiger partial charge in [0, 0.05) is 19.6 Å². The number of nitrogens with zero attached hydrogens (tertiary/aromatic N) is 1. The summed E-state index contributed by atoms with van der Waals surface area (Å²) < 4.78 is 5.31. The van der Waals surface area contributed by atoms with Crippen LogP contribution in [0.1, 0.15) is 34.1 Å². The number of hydrogen-bond donors (Lipinski definition) is 2. The topological polar surface area (TPSA) is 78.9 Å². The summed E-state index contributed by atoms with van der Waals surface area (Å²) in [7, 11) is 0. The lowest BCUT2D eigenvalue weighted by atomic mass is 10.1. The van der Waals surface area contributed by atoms with Gasteiger partial charge >= 0.3 is 12.1 Å². The molecule has 0 bridgehead atoms. The maximum Gasteiger partial charge on any atom is 0.410 e. The van der Waals surface area contributed by atoms with E-state index >= 15 is 0 Å². The highest BCUT2D eigenvalue weighted by molar-refractivity contribution is 5.72. The van der Waals surface area contributed by atoms with Crippen molar-refractivity contribution in [3.8, 4) is 0 Å². The summed E-state index contributed by atoms with van der Waals surface area (Å²) in [4.78, 5) is 24.2. The van der Waals surface area contributed by atoms with Crippen LogP contribution in [-0.2, 0) is 9.53 Å². The van der Waals surface area contributed by atoms with Crippen LogP contribution >= 0.6 is 0 Å². The van der Waals surface area contributed by atoms with Gasteiger partial charge in [-0.3, -0.25) is 4.79 Å². The molecule has 1 aliphatic rings. The van der Waals surface area contributed by atoms with Gasteiger partial charge in [0.25, 0.3) is 0 Å². The lowest BCUT2D eigenvalue weighted by Crippen LogP contribution is -2.41. The van der Waals surface area contributed by atoms with Crippen molar-refractivity contribution in [2.45, 2.75) is 45.8 Å². The Balaban J connectivity index is 2.41. The SMILES string of the molecule is CC(NCC1=CCN(C(=O)OC(C)(C)C)CC1)C(=O)O. The van der Waals surface area contributed by atoms with Crippen LogP contribution in [0.2, 0.25) is 0 Å². The number of carboxylic acid groups (broad SMARTS) is 1. The zero-order valence-electron chi connectivity index (χ0n) is 12.6. The molecule has 6 nitrogen and oxygen atoms in total. The van der Waals surface area contributed by atoms with Crippen molar-refractivity contribution in [3.05, 3.63) is 11.6 Å². The number of carbonyl (C=O) groups is 2. The van der Waals surface area contributed by atoms with E-state index in [4.69, 9.17) is 9.84 Å². The van der Waals surface area contributed by atoms with Gasteiger partial charge < -0.3 is 20.1 Å². The predicted molar refractivity (Wildman–Crippen MR) is 75.6 cm³/mol. The van der Waals surface area contributed by atoms with Gasteiger partial charge in [0.05, 0.1) is 0 Å². The number of carboxylic acids is 1. The molecule has 0 spiro atoms. The molecule has 0 saturated heterocycles. The smallest absolute Gasteiger partial charge is 0.410 e. The second kappa shape index (κ2) is 6.74. The number of amides is 1. The Morgan fingerprint density at radius 3 is 2.60 bits per heavy atom. The molecule has 114 valence electrons. The largest absolute Gasteiger partial charge is 0.480 e. The van der Waals surface area contributed by atoms with Crippen molar-refractivity contribution in [3.63, 3.8) is 0 Å². The zero-order valence-corrected chi connectivity index (χ0v) is 12.6. The summed E-state index contributed by atoms with van der Waals surface area (Å²) in [5.41, 5.74) is 0.637. The van der Waals surface area contributed by atoms with Crippen molar-refractivity contribution in [1.82, 2.24) is 10.2 Å². The van der Waals surface area contributed by atoms with Crippen LogP contribution in [0.4, 0.5) is 4.79 Å². The number of nitrogens with one attached hydrogen (secondary N) is 1. The lowest BCUT2D eigenvalue weighted by Gasteiger charge is -2.29. The van der Waals surface area contributed by atoms with E-state index in [-0.39, 0.29) is 6.09 Å². The first kappa shape index (κ1) is 16.5. The van der Waals surface area contributed by atoms with Crippen molar-refractivity contribution >= 4 is 12.1 Å². The predicted octanol–water partition coefficient (Wildman–Crippen LogP) is 1.62. The first-order valence-electron chi connectivity index (χ1n) is 6.81. The van der Waals surface area contributed by atoms with E-state index in [9.17, 15) is 9.59 Å². The van der Waals surface area contributed by atoms with Gasteiger partial charge in [-0.1, -0.05) is 11.6 Å². The summed E-state index contributed by atoms with van der Waals surface area (Å²) in [6.45, 7) is 8.78. The quantitative estimate of drug-likeness (QED) is 0.767. The standard InChI is InChI=1S/C14H24N2O4/c1-10(12(17)18)15-9-11-5-7-16(8-6-11)13(19)20-14(2,3)4/h5,10,15H,6-9H2,1-4H3,(H,17,18). The molecular weight excluding hydrogens is 260 g/mol. The van der Waals surface area contributed by atoms with Crippen LogP contribution in [-0.4, -0.2) is 53.3 Å². The molecule has 0 aromatic heterocycles. The second-order valence-corrected chi connectivity index (χ2v) is 5.98. The minimum atomic E-state index is -0.864. The highest BCUT2D eigenvalue weighted by Crippen LogP contribution is 2.15. The fraction of sp³-hybridized carbons (Fsp3) is 0.714. The molecule has 0 saturated carbocycles. The Morgan fingerprint density at radius 1 is 1.50 bits per heavy atom. The minimum Gasteiger partial charge on any atom is -0.480 e. The molecule has 0 aromatic carbocycles. The lowest BCUT2D eigenvalue weighted by molar-refractivity contribution is -0.138. The number of hydrogen-bond acceptors (Lipinski definition) is 4. The summed E-state index contributed by atoms with van der Waals surface area (Å²) in [5.74, 6) is -0.864. The van der Waals surface area contributed by atoms with Crippen LogP contribution in [0.3, 0.4) is 0 Å². The van der Waals surface area contributed by atoms with Crippen molar-refractivity contribution in [2.75, 3.05) is 19.6 Å². The van der Waals surface area contributed by atoms with E-state index in [0.29, 0.717) is 19.6 Å². The van der Waals surface area contributed by atoms with Crippen molar-refractivity contribution in [1.29, 1.82) is 0 Å². The summed E-state index contributed by atoms with van der Waals surface area (Å²) in [5, 5.41) is 11.7. The van der Waals surface area contributed by atoms with Crippen LogP contribution in [0.25, 0.3) is 0 Å². The Bertz CT molecular complexity index is 398. The molecule has 1 heterocycles. The maximum atomic E-state index is 11.9. The van der Waals surface area contributed by atoms with Crippen molar-refractivity contribution in [2.24, 2.45) is 0 Å². The van der Waals surface area contributed by atoms with E-state index in [0.717, 1.165) is 12.0 Å². The van der Waals surface area contributed by atoms with Gasteiger partial charge in [-0.25, -0.2) is 4.79 Å². The van der Waals surface area contributed by atoms with E-state index in [1.807, 2.05) is 26.8 Å². The minimum absolute atomic E-state index is 0.306.